The quantitative estimate of drug-likeness (QED) is 0.330. The van der Waals surface area contributed by atoms with E-state index in [-0.39, 0.29) is 16.7 Å². The van der Waals surface area contributed by atoms with Crippen molar-refractivity contribution in [1.29, 1.82) is 0 Å². The Morgan fingerprint density at radius 1 is 0.571 bits per heavy atom. The third-order valence-electron chi connectivity index (χ3n) is 4.60. The number of hydrogen-bond acceptors (Lipinski definition) is 7. The Balaban J connectivity index is 1.82. The number of carbonyl (C=O) groups is 5. The van der Waals surface area contributed by atoms with Gasteiger partial charge in [0.05, 0.1) is 11.1 Å². The molecule has 178 valence electrons. The molecular formula is C25H20N2O8. The highest BCUT2D eigenvalue weighted by Gasteiger charge is 2.41. The van der Waals surface area contributed by atoms with E-state index >= 15 is 0 Å². The average molecular weight is 476 g/mol. The summed E-state index contributed by atoms with van der Waals surface area (Å²) in [5, 5.41) is 9.69. The molecule has 0 aliphatic heterocycles. The summed E-state index contributed by atoms with van der Waals surface area (Å²) >= 11 is 0. The molecular weight excluding hydrogens is 456 g/mol. The van der Waals surface area contributed by atoms with Gasteiger partial charge in [0, 0.05) is 5.56 Å². The van der Waals surface area contributed by atoms with Gasteiger partial charge < -0.3 is 14.6 Å². The van der Waals surface area contributed by atoms with Gasteiger partial charge in [-0.1, -0.05) is 54.6 Å². The summed E-state index contributed by atoms with van der Waals surface area (Å²) in [7, 11) is 0. The molecule has 2 amide bonds. The predicted molar refractivity (Wildman–Crippen MR) is 121 cm³/mol. The molecule has 2 atom stereocenters. The van der Waals surface area contributed by atoms with E-state index in [1.165, 1.54) is 60.7 Å². The molecule has 0 fully saturated rings. The number of aliphatic carboxylic acids is 1. The number of hydrazine groups is 1. The van der Waals surface area contributed by atoms with Gasteiger partial charge in [-0.15, -0.1) is 0 Å². The molecule has 0 bridgehead atoms. The zero-order valence-corrected chi connectivity index (χ0v) is 18.1. The highest BCUT2D eigenvalue weighted by Crippen LogP contribution is 2.13. The number of nitrogens with one attached hydrogen (secondary N) is 2. The van der Waals surface area contributed by atoms with E-state index in [0.717, 1.165) is 0 Å². The molecule has 3 aromatic rings. The molecule has 0 radical (unpaired) electrons. The minimum atomic E-state index is -2.22. The van der Waals surface area contributed by atoms with Crippen molar-refractivity contribution in [2.75, 3.05) is 0 Å². The second-order valence-electron chi connectivity index (χ2n) is 7.03. The SMILES string of the molecule is O=C(NNC(=O)[C@@H](OC(=O)c1ccccc1)[C@@H](OC(=O)c1ccccc1)C(=O)O)c1ccccc1. The van der Waals surface area contributed by atoms with Crippen molar-refractivity contribution in [2.24, 2.45) is 0 Å². The molecule has 3 aromatic carbocycles. The van der Waals surface area contributed by atoms with Gasteiger partial charge >= 0.3 is 17.9 Å². The lowest BCUT2D eigenvalue weighted by molar-refractivity contribution is -0.159. The van der Waals surface area contributed by atoms with Crippen LogP contribution in [-0.4, -0.2) is 47.0 Å². The summed E-state index contributed by atoms with van der Waals surface area (Å²) in [6, 6.07) is 22.8. The third-order valence-corrected chi connectivity index (χ3v) is 4.60. The van der Waals surface area contributed by atoms with Crippen molar-refractivity contribution >= 4 is 29.7 Å². The van der Waals surface area contributed by atoms with Gasteiger partial charge in [-0.05, 0) is 36.4 Å². The number of ether oxygens (including phenoxy) is 2. The van der Waals surface area contributed by atoms with Crippen molar-refractivity contribution < 1.29 is 38.6 Å². The van der Waals surface area contributed by atoms with Crippen LogP contribution in [0, 0.1) is 0 Å². The summed E-state index contributed by atoms with van der Waals surface area (Å²) < 4.78 is 10.2. The molecule has 35 heavy (non-hydrogen) atoms. The molecule has 0 aromatic heterocycles. The van der Waals surface area contributed by atoms with Gasteiger partial charge in [-0.25, -0.2) is 14.4 Å². The molecule has 3 N–H and O–H groups in total. The molecule has 0 heterocycles. The van der Waals surface area contributed by atoms with Gasteiger partial charge in [0.1, 0.15) is 0 Å². The van der Waals surface area contributed by atoms with Crippen LogP contribution < -0.4 is 10.9 Å². The number of carboxylic acid groups (broad SMARTS) is 1. The zero-order chi connectivity index (χ0) is 25.2. The maximum absolute atomic E-state index is 12.9. The lowest BCUT2D eigenvalue weighted by Crippen LogP contribution is -2.54. The van der Waals surface area contributed by atoms with Crippen molar-refractivity contribution in [3.8, 4) is 0 Å². The normalized spacial score (nSPS) is 11.9. The van der Waals surface area contributed by atoms with Crippen molar-refractivity contribution in [2.45, 2.75) is 12.2 Å². The molecule has 10 nitrogen and oxygen atoms in total. The Labute approximate surface area is 199 Å². The first-order chi connectivity index (χ1) is 16.9. The maximum atomic E-state index is 12.9. The lowest BCUT2D eigenvalue weighted by Gasteiger charge is -2.23. The molecule has 0 saturated carbocycles. The van der Waals surface area contributed by atoms with Crippen LogP contribution in [0.15, 0.2) is 91.0 Å². The average Bonchev–Trinajstić information content (AvgIpc) is 2.90. The minimum Gasteiger partial charge on any atom is -0.478 e. The first-order valence-electron chi connectivity index (χ1n) is 10.3. The Kier molecular flexibility index (Phi) is 8.28. The van der Waals surface area contributed by atoms with E-state index < -0.39 is 41.9 Å². The van der Waals surface area contributed by atoms with E-state index in [9.17, 15) is 29.1 Å². The molecule has 10 heteroatoms. The summed E-state index contributed by atoms with van der Waals surface area (Å²) in [5.41, 5.74) is 4.37. The molecule has 0 aliphatic rings. The monoisotopic (exact) mass is 476 g/mol. The van der Waals surface area contributed by atoms with Crippen LogP contribution in [0.2, 0.25) is 0 Å². The topological polar surface area (TPSA) is 148 Å². The summed E-state index contributed by atoms with van der Waals surface area (Å²) in [6.45, 7) is 0. The summed E-state index contributed by atoms with van der Waals surface area (Å²) in [4.78, 5) is 62.1. The number of esters is 2. The van der Waals surface area contributed by atoms with E-state index in [0.29, 0.717) is 0 Å². The smallest absolute Gasteiger partial charge is 0.349 e. The Morgan fingerprint density at radius 3 is 1.40 bits per heavy atom. The molecule has 0 aliphatic carbocycles. The standard InChI is InChI=1S/C25H20N2O8/c28-21(16-10-4-1-5-11-16)26-27-22(29)19(34-24(32)17-12-6-2-7-13-17)20(23(30)31)35-25(33)18-14-8-3-9-15-18/h1-15,19-20H,(H,26,28)(H,27,29)(H,30,31)/t19-,20+/m0/s1. The molecule has 0 unspecified atom stereocenters. The Hall–Kier alpha value is -4.99. The largest absolute Gasteiger partial charge is 0.478 e. The molecule has 0 spiro atoms. The first kappa shape index (κ1) is 24.6. The molecule has 0 saturated heterocycles. The lowest BCUT2D eigenvalue weighted by atomic mass is 10.1. The van der Waals surface area contributed by atoms with Crippen LogP contribution in [0.1, 0.15) is 31.1 Å². The van der Waals surface area contributed by atoms with Crippen molar-refractivity contribution in [1.82, 2.24) is 10.9 Å². The van der Waals surface area contributed by atoms with Crippen LogP contribution >= 0.6 is 0 Å². The van der Waals surface area contributed by atoms with Crippen LogP contribution in [-0.2, 0) is 19.1 Å². The van der Waals surface area contributed by atoms with Crippen LogP contribution in [0.25, 0.3) is 0 Å². The van der Waals surface area contributed by atoms with Gasteiger partial charge in [-0.2, -0.15) is 0 Å². The van der Waals surface area contributed by atoms with E-state index in [1.54, 1.807) is 30.3 Å². The number of amides is 2. The van der Waals surface area contributed by atoms with Gasteiger partial charge in [0.2, 0.25) is 12.2 Å². The third kappa shape index (κ3) is 6.75. The summed E-state index contributed by atoms with van der Waals surface area (Å²) in [5.74, 6) is -5.78. The van der Waals surface area contributed by atoms with Crippen LogP contribution in [0.4, 0.5) is 0 Å². The fraction of sp³-hybridized carbons (Fsp3) is 0.0800. The number of rotatable bonds is 8. The zero-order valence-electron chi connectivity index (χ0n) is 18.1. The Bertz CT molecular complexity index is 1200. The van der Waals surface area contributed by atoms with Crippen molar-refractivity contribution in [3.05, 3.63) is 108 Å². The van der Waals surface area contributed by atoms with E-state index in [2.05, 4.69) is 5.43 Å². The number of hydrogen-bond donors (Lipinski definition) is 3. The van der Waals surface area contributed by atoms with E-state index in [4.69, 9.17) is 9.47 Å². The van der Waals surface area contributed by atoms with Gasteiger partial charge in [0.15, 0.2) is 0 Å². The minimum absolute atomic E-state index is 0.0182. The van der Waals surface area contributed by atoms with E-state index in [1.807, 2.05) is 5.43 Å². The molecule has 3 rings (SSSR count). The fourth-order valence-electron chi connectivity index (χ4n) is 2.86. The van der Waals surface area contributed by atoms with Crippen molar-refractivity contribution in [3.63, 3.8) is 0 Å². The highest BCUT2D eigenvalue weighted by atomic mass is 16.6. The summed E-state index contributed by atoms with van der Waals surface area (Å²) in [6.07, 6.45) is -4.35. The fourth-order valence-corrected chi connectivity index (χ4v) is 2.86. The number of carboxylic acids is 1. The first-order valence-corrected chi connectivity index (χ1v) is 10.3. The number of benzene rings is 3. The second-order valence-corrected chi connectivity index (χ2v) is 7.03. The number of carbonyl (C=O) groups excluding carboxylic acids is 4. The highest BCUT2D eigenvalue weighted by molar-refractivity contribution is 5.99. The predicted octanol–water partition coefficient (Wildman–Crippen LogP) is 1.98. The second kappa shape index (κ2) is 11.8. The van der Waals surface area contributed by atoms with Gasteiger partial charge in [0.25, 0.3) is 11.8 Å². The van der Waals surface area contributed by atoms with Crippen LogP contribution in [0.5, 0.6) is 0 Å². The van der Waals surface area contributed by atoms with Gasteiger partial charge in [-0.3, -0.25) is 20.4 Å². The Morgan fingerprint density at radius 2 is 0.971 bits per heavy atom. The van der Waals surface area contributed by atoms with Crippen LogP contribution in [0.3, 0.4) is 0 Å². The maximum Gasteiger partial charge on any atom is 0.349 e.